The lowest BCUT2D eigenvalue weighted by Gasteiger charge is -2.06. The van der Waals surface area contributed by atoms with Gasteiger partial charge in [0.05, 0.1) is 11.9 Å². The maximum atomic E-state index is 12.2. The zero-order valence-electron chi connectivity index (χ0n) is 10.7. The molecule has 20 heavy (non-hydrogen) atoms. The second kappa shape index (κ2) is 6.25. The highest BCUT2D eigenvalue weighted by atomic mass is 35.5. The number of benzene rings is 1. The largest absolute Gasteiger partial charge is 0.330 e. The zero-order chi connectivity index (χ0) is 14.6. The van der Waals surface area contributed by atoms with Crippen LogP contribution in [0.15, 0.2) is 41.6 Å². The minimum absolute atomic E-state index is 0.106. The molecule has 1 heterocycles. The van der Waals surface area contributed by atoms with Crippen molar-refractivity contribution >= 4 is 27.3 Å². The van der Waals surface area contributed by atoms with Crippen LogP contribution in [-0.4, -0.2) is 24.7 Å². The Kier molecular flexibility index (Phi) is 4.64. The van der Waals surface area contributed by atoms with E-state index in [1.807, 2.05) is 0 Å². The van der Waals surface area contributed by atoms with Gasteiger partial charge in [-0.15, -0.1) is 0 Å². The van der Waals surface area contributed by atoms with Crippen molar-refractivity contribution in [2.75, 3.05) is 11.3 Å². The summed E-state index contributed by atoms with van der Waals surface area (Å²) >= 11 is 5.82. The first-order chi connectivity index (χ1) is 9.51. The average molecular weight is 315 g/mol. The summed E-state index contributed by atoms with van der Waals surface area (Å²) in [5, 5.41) is 4.46. The van der Waals surface area contributed by atoms with Crippen LogP contribution in [0.25, 0.3) is 0 Å². The van der Waals surface area contributed by atoms with Gasteiger partial charge in [0.15, 0.2) is 0 Å². The van der Waals surface area contributed by atoms with Crippen LogP contribution in [0, 0.1) is 0 Å². The highest BCUT2D eigenvalue weighted by molar-refractivity contribution is 7.92. The monoisotopic (exact) mass is 314 g/mol. The van der Waals surface area contributed by atoms with Crippen molar-refractivity contribution in [3.63, 3.8) is 0 Å². The van der Waals surface area contributed by atoms with Gasteiger partial charge in [0.2, 0.25) is 0 Å². The van der Waals surface area contributed by atoms with Crippen LogP contribution in [-0.2, 0) is 16.6 Å². The van der Waals surface area contributed by atoms with Crippen molar-refractivity contribution in [1.82, 2.24) is 9.78 Å². The molecule has 2 aromatic rings. The van der Waals surface area contributed by atoms with Crippen molar-refractivity contribution in [2.24, 2.45) is 5.73 Å². The van der Waals surface area contributed by atoms with Gasteiger partial charge in [-0.2, -0.15) is 5.10 Å². The van der Waals surface area contributed by atoms with Crippen molar-refractivity contribution in [3.05, 3.63) is 41.7 Å². The number of hydrogen-bond donors (Lipinski definition) is 2. The van der Waals surface area contributed by atoms with E-state index in [9.17, 15) is 8.42 Å². The van der Waals surface area contributed by atoms with Gasteiger partial charge < -0.3 is 5.73 Å². The first-order valence-electron chi connectivity index (χ1n) is 6.02. The van der Waals surface area contributed by atoms with Crippen LogP contribution < -0.4 is 10.5 Å². The van der Waals surface area contributed by atoms with Gasteiger partial charge in [-0.3, -0.25) is 9.40 Å². The molecule has 108 valence electrons. The summed E-state index contributed by atoms with van der Waals surface area (Å²) in [6.45, 7) is 1.12. The molecule has 1 aromatic carbocycles. The first kappa shape index (κ1) is 14.8. The predicted molar refractivity (Wildman–Crippen MR) is 78.2 cm³/mol. The second-order valence-electron chi connectivity index (χ2n) is 4.20. The van der Waals surface area contributed by atoms with E-state index in [1.54, 1.807) is 22.9 Å². The summed E-state index contributed by atoms with van der Waals surface area (Å²) < 4.78 is 28.3. The molecular weight excluding hydrogens is 300 g/mol. The van der Waals surface area contributed by atoms with E-state index in [1.165, 1.54) is 18.5 Å². The Labute approximate surface area is 122 Å². The molecule has 0 bridgehead atoms. The van der Waals surface area contributed by atoms with Crippen LogP contribution in [0.2, 0.25) is 5.02 Å². The van der Waals surface area contributed by atoms with E-state index in [2.05, 4.69) is 9.82 Å². The standard InChI is InChI=1S/C12H15ClN4O2S/c13-10-3-1-4-11(7-10)16-20(18,19)12-8-15-17(9-12)6-2-5-14/h1,3-4,7-9,16H,2,5-6,14H2. The van der Waals surface area contributed by atoms with E-state index in [4.69, 9.17) is 17.3 Å². The Morgan fingerprint density at radius 1 is 1.40 bits per heavy atom. The maximum absolute atomic E-state index is 12.2. The summed E-state index contributed by atoms with van der Waals surface area (Å²) in [5.41, 5.74) is 5.81. The molecule has 1 aromatic heterocycles. The summed E-state index contributed by atoms with van der Waals surface area (Å²) in [6.07, 6.45) is 3.52. The van der Waals surface area contributed by atoms with Crippen LogP contribution in [0.3, 0.4) is 0 Å². The van der Waals surface area contributed by atoms with Gasteiger partial charge in [0.1, 0.15) is 4.90 Å². The molecule has 0 spiro atoms. The molecule has 3 N–H and O–H groups in total. The summed E-state index contributed by atoms with van der Waals surface area (Å²) in [6, 6.07) is 6.51. The third-order valence-corrected chi connectivity index (χ3v) is 4.16. The van der Waals surface area contributed by atoms with Gasteiger partial charge in [0, 0.05) is 17.8 Å². The molecule has 0 unspecified atom stereocenters. The first-order valence-corrected chi connectivity index (χ1v) is 7.88. The number of aromatic nitrogens is 2. The average Bonchev–Trinajstić information content (AvgIpc) is 2.85. The molecule has 0 saturated heterocycles. The van der Waals surface area contributed by atoms with Crippen LogP contribution in [0.1, 0.15) is 6.42 Å². The molecule has 0 saturated carbocycles. The number of nitrogens with zero attached hydrogens (tertiary/aromatic N) is 2. The fourth-order valence-electron chi connectivity index (χ4n) is 1.62. The molecule has 0 aliphatic rings. The van der Waals surface area contributed by atoms with Crippen LogP contribution >= 0.6 is 11.6 Å². The highest BCUT2D eigenvalue weighted by Crippen LogP contribution is 2.19. The maximum Gasteiger partial charge on any atom is 0.265 e. The van der Waals surface area contributed by atoms with E-state index in [0.717, 1.165) is 6.42 Å². The normalized spacial score (nSPS) is 11.5. The van der Waals surface area contributed by atoms with Gasteiger partial charge >= 0.3 is 0 Å². The van der Waals surface area contributed by atoms with Gasteiger partial charge in [-0.25, -0.2) is 8.42 Å². The van der Waals surface area contributed by atoms with E-state index in [0.29, 0.717) is 23.8 Å². The third-order valence-electron chi connectivity index (χ3n) is 2.59. The number of nitrogens with two attached hydrogens (primary N) is 1. The lowest BCUT2D eigenvalue weighted by molar-refractivity contribution is 0.582. The van der Waals surface area contributed by atoms with Crippen molar-refractivity contribution in [2.45, 2.75) is 17.9 Å². The predicted octanol–water partition coefficient (Wildman–Crippen LogP) is 1.69. The van der Waals surface area contributed by atoms with E-state index in [-0.39, 0.29) is 4.90 Å². The Bertz CT molecular complexity index is 684. The number of sulfonamides is 1. The van der Waals surface area contributed by atoms with Crippen LogP contribution in [0.4, 0.5) is 5.69 Å². The SMILES string of the molecule is NCCCn1cc(S(=O)(=O)Nc2cccc(Cl)c2)cn1. The molecule has 0 atom stereocenters. The van der Waals surface area contributed by atoms with Gasteiger partial charge in [0.25, 0.3) is 10.0 Å². The van der Waals surface area contributed by atoms with Crippen molar-refractivity contribution in [1.29, 1.82) is 0 Å². The minimum Gasteiger partial charge on any atom is -0.330 e. The molecule has 2 rings (SSSR count). The molecule has 0 amide bonds. The summed E-state index contributed by atoms with van der Waals surface area (Å²) in [4.78, 5) is 0.106. The highest BCUT2D eigenvalue weighted by Gasteiger charge is 2.16. The number of nitrogens with one attached hydrogen (secondary N) is 1. The Morgan fingerprint density at radius 2 is 2.20 bits per heavy atom. The molecule has 0 radical (unpaired) electrons. The topological polar surface area (TPSA) is 90.0 Å². The van der Waals surface area contributed by atoms with Crippen molar-refractivity contribution < 1.29 is 8.42 Å². The van der Waals surface area contributed by atoms with Gasteiger partial charge in [-0.1, -0.05) is 17.7 Å². The third kappa shape index (κ3) is 3.72. The van der Waals surface area contributed by atoms with Crippen molar-refractivity contribution in [3.8, 4) is 0 Å². The Balaban J connectivity index is 2.16. The molecule has 0 fully saturated rings. The minimum atomic E-state index is -3.66. The molecular formula is C12H15ClN4O2S. The fraction of sp³-hybridized carbons (Fsp3) is 0.250. The number of anilines is 1. The summed E-state index contributed by atoms with van der Waals surface area (Å²) in [5.74, 6) is 0. The number of aryl methyl sites for hydroxylation is 1. The quantitative estimate of drug-likeness (QED) is 0.849. The van der Waals surface area contributed by atoms with Gasteiger partial charge in [-0.05, 0) is 31.2 Å². The number of rotatable bonds is 6. The van der Waals surface area contributed by atoms with Crippen LogP contribution in [0.5, 0.6) is 0 Å². The van der Waals surface area contributed by atoms with E-state index < -0.39 is 10.0 Å². The molecule has 0 aliphatic carbocycles. The molecule has 8 heteroatoms. The number of hydrogen-bond acceptors (Lipinski definition) is 4. The summed E-state index contributed by atoms with van der Waals surface area (Å²) in [7, 11) is -3.66. The zero-order valence-corrected chi connectivity index (χ0v) is 12.2. The Hall–Kier alpha value is -1.57. The smallest absolute Gasteiger partial charge is 0.265 e. The fourth-order valence-corrected chi connectivity index (χ4v) is 2.82. The second-order valence-corrected chi connectivity index (χ2v) is 6.32. The lowest BCUT2D eigenvalue weighted by Crippen LogP contribution is -2.12. The Morgan fingerprint density at radius 3 is 2.90 bits per heavy atom. The lowest BCUT2D eigenvalue weighted by atomic mass is 10.3. The van der Waals surface area contributed by atoms with E-state index >= 15 is 0 Å². The number of halogens is 1. The molecule has 0 aliphatic heterocycles. The molecule has 6 nitrogen and oxygen atoms in total.